The Bertz CT molecular complexity index is 590. The van der Waals surface area contributed by atoms with Gasteiger partial charge in [0.2, 0.25) is 0 Å². The molecule has 5 heteroatoms. The van der Waals surface area contributed by atoms with E-state index in [1.165, 1.54) is 6.07 Å². The number of halogens is 1. The third-order valence-corrected chi connectivity index (χ3v) is 3.16. The first-order valence-corrected chi connectivity index (χ1v) is 5.41. The first-order valence-electron chi connectivity index (χ1n) is 5.03. The highest BCUT2D eigenvalue weighted by atomic mass is 35.5. The number of carboxylic acid groups (broad SMARTS) is 1. The highest BCUT2D eigenvalue weighted by molar-refractivity contribution is 6.36. The van der Waals surface area contributed by atoms with Gasteiger partial charge >= 0.3 is 5.97 Å². The molecular formula is C12H11ClN2O2. The molecule has 0 aliphatic carbocycles. The first kappa shape index (κ1) is 11.7. The van der Waals surface area contributed by atoms with Gasteiger partial charge in [-0.05, 0) is 13.0 Å². The molecule has 1 aromatic heterocycles. The molecule has 1 aromatic carbocycles. The molecule has 0 saturated carbocycles. The Morgan fingerprint density at radius 3 is 2.65 bits per heavy atom. The number of carboxylic acids is 1. The van der Waals surface area contributed by atoms with Crippen molar-refractivity contribution in [1.82, 2.24) is 9.78 Å². The van der Waals surface area contributed by atoms with Crippen LogP contribution in [-0.2, 0) is 7.05 Å². The Hall–Kier alpha value is -1.81. The van der Waals surface area contributed by atoms with E-state index >= 15 is 0 Å². The Morgan fingerprint density at radius 2 is 2.12 bits per heavy atom. The minimum absolute atomic E-state index is 0.104. The van der Waals surface area contributed by atoms with Crippen molar-refractivity contribution in [1.29, 1.82) is 0 Å². The van der Waals surface area contributed by atoms with E-state index in [9.17, 15) is 4.79 Å². The number of rotatable bonds is 2. The molecule has 2 rings (SSSR count). The average molecular weight is 251 g/mol. The fraction of sp³-hybridized carbons (Fsp3) is 0.167. The summed E-state index contributed by atoms with van der Waals surface area (Å²) in [6, 6.07) is 4.95. The summed E-state index contributed by atoms with van der Waals surface area (Å²) in [5.41, 5.74) is 2.58. The van der Waals surface area contributed by atoms with Crippen LogP contribution in [0.4, 0.5) is 0 Å². The molecule has 0 aliphatic heterocycles. The summed E-state index contributed by atoms with van der Waals surface area (Å²) < 4.78 is 1.72. The molecule has 0 radical (unpaired) electrons. The van der Waals surface area contributed by atoms with Crippen LogP contribution < -0.4 is 0 Å². The predicted molar refractivity (Wildman–Crippen MR) is 65.4 cm³/mol. The van der Waals surface area contributed by atoms with Gasteiger partial charge < -0.3 is 5.11 Å². The lowest BCUT2D eigenvalue weighted by molar-refractivity contribution is 0.0697. The van der Waals surface area contributed by atoms with Crippen LogP contribution in [0.3, 0.4) is 0 Å². The van der Waals surface area contributed by atoms with Gasteiger partial charge in [-0.1, -0.05) is 23.7 Å². The minimum Gasteiger partial charge on any atom is -0.478 e. The van der Waals surface area contributed by atoms with E-state index in [2.05, 4.69) is 5.10 Å². The molecule has 1 N–H and O–H groups in total. The maximum Gasteiger partial charge on any atom is 0.337 e. The summed E-state index contributed by atoms with van der Waals surface area (Å²) in [4.78, 5) is 11.0. The van der Waals surface area contributed by atoms with E-state index in [0.717, 1.165) is 11.3 Å². The zero-order valence-corrected chi connectivity index (χ0v) is 10.2. The van der Waals surface area contributed by atoms with Crippen molar-refractivity contribution >= 4 is 17.6 Å². The van der Waals surface area contributed by atoms with Gasteiger partial charge in [-0.2, -0.15) is 5.10 Å². The Kier molecular flexibility index (Phi) is 2.90. The molecular weight excluding hydrogens is 240 g/mol. The van der Waals surface area contributed by atoms with Gasteiger partial charge in [-0.15, -0.1) is 0 Å². The normalized spacial score (nSPS) is 10.5. The van der Waals surface area contributed by atoms with Crippen molar-refractivity contribution in [2.45, 2.75) is 6.92 Å². The van der Waals surface area contributed by atoms with Gasteiger partial charge in [-0.25, -0.2) is 4.79 Å². The third-order valence-electron chi connectivity index (χ3n) is 2.75. The lowest BCUT2D eigenvalue weighted by atomic mass is 10.0. The van der Waals surface area contributed by atoms with Gasteiger partial charge in [0.1, 0.15) is 0 Å². The molecule has 0 spiro atoms. The van der Waals surface area contributed by atoms with Crippen molar-refractivity contribution in [3.63, 3.8) is 0 Å². The fourth-order valence-corrected chi connectivity index (χ4v) is 1.98. The number of carbonyl (C=O) groups is 1. The van der Waals surface area contributed by atoms with Crippen LogP contribution in [-0.4, -0.2) is 20.9 Å². The summed E-state index contributed by atoms with van der Waals surface area (Å²) in [6.45, 7) is 1.91. The van der Waals surface area contributed by atoms with Crippen molar-refractivity contribution in [2.75, 3.05) is 0 Å². The third kappa shape index (κ3) is 1.91. The molecule has 0 bridgehead atoms. The Morgan fingerprint density at radius 1 is 1.41 bits per heavy atom. The standard InChI is InChI=1S/C12H11ClN2O2/c1-7-10(6-14-15(7)2)8-4-3-5-9(11(8)13)12(16)17/h3-6H,1-2H3,(H,16,17). The second kappa shape index (κ2) is 4.22. The number of benzene rings is 1. The first-order chi connectivity index (χ1) is 8.02. The van der Waals surface area contributed by atoms with Crippen molar-refractivity contribution < 1.29 is 9.90 Å². The second-order valence-corrected chi connectivity index (χ2v) is 4.12. The summed E-state index contributed by atoms with van der Waals surface area (Å²) in [5, 5.41) is 13.4. The van der Waals surface area contributed by atoms with Crippen LogP contribution in [0.15, 0.2) is 24.4 Å². The number of nitrogens with zero attached hydrogens (tertiary/aromatic N) is 2. The van der Waals surface area contributed by atoms with Gasteiger partial charge in [0.05, 0.1) is 16.8 Å². The van der Waals surface area contributed by atoms with Gasteiger partial charge in [0.15, 0.2) is 0 Å². The SMILES string of the molecule is Cc1c(-c2cccc(C(=O)O)c2Cl)cnn1C. The molecule has 88 valence electrons. The monoisotopic (exact) mass is 250 g/mol. The smallest absolute Gasteiger partial charge is 0.337 e. The minimum atomic E-state index is -1.03. The van der Waals surface area contributed by atoms with Crippen molar-refractivity contribution in [3.05, 3.63) is 40.7 Å². The largest absolute Gasteiger partial charge is 0.478 e. The number of hydrogen-bond acceptors (Lipinski definition) is 2. The van der Waals surface area contributed by atoms with E-state index in [1.807, 2.05) is 14.0 Å². The molecule has 0 amide bonds. The van der Waals surface area contributed by atoms with Crippen LogP contribution in [0.25, 0.3) is 11.1 Å². The van der Waals surface area contributed by atoms with Gasteiger partial charge in [0.25, 0.3) is 0 Å². The molecule has 17 heavy (non-hydrogen) atoms. The molecule has 0 unspecified atom stereocenters. The number of aromatic nitrogens is 2. The molecule has 2 aromatic rings. The highest BCUT2D eigenvalue weighted by Crippen LogP contribution is 2.32. The van der Waals surface area contributed by atoms with Crippen LogP contribution in [0, 0.1) is 6.92 Å². The predicted octanol–water partition coefficient (Wildman–Crippen LogP) is 2.75. The summed E-state index contributed by atoms with van der Waals surface area (Å²) in [7, 11) is 1.83. The fourth-order valence-electron chi connectivity index (χ4n) is 1.67. The Balaban J connectivity index is 2.65. The molecule has 0 saturated heterocycles. The van der Waals surface area contributed by atoms with Crippen molar-refractivity contribution in [3.8, 4) is 11.1 Å². The summed E-state index contributed by atoms with van der Waals surface area (Å²) >= 11 is 6.10. The van der Waals surface area contributed by atoms with Gasteiger partial charge in [0, 0.05) is 23.9 Å². The van der Waals surface area contributed by atoms with Crippen molar-refractivity contribution in [2.24, 2.45) is 7.05 Å². The van der Waals surface area contributed by atoms with Crippen LogP contribution in [0.5, 0.6) is 0 Å². The Labute approximate surface area is 103 Å². The van der Waals surface area contributed by atoms with E-state index in [4.69, 9.17) is 16.7 Å². The lowest BCUT2D eigenvalue weighted by Crippen LogP contribution is -1.98. The van der Waals surface area contributed by atoms with E-state index in [-0.39, 0.29) is 10.6 Å². The quantitative estimate of drug-likeness (QED) is 0.892. The van der Waals surface area contributed by atoms with Crippen LogP contribution in [0.2, 0.25) is 5.02 Å². The van der Waals surface area contributed by atoms with Crippen LogP contribution in [0.1, 0.15) is 16.1 Å². The summed E-state index contributed by atoms with van der Waals surface area (Å²) in [6.07, 6.45) is 1.68. The van der Waals surface area contributed by atoms with E-state index < -0.39 is 5.97 Å². The molecule has 0 atom stereocenters. The zero-order chi connectivity index (χ0) is 12.6. The average Bonchev–Trinajstić information content (AvgIpc) is 2.60. The number of aromatic carboxylic acids is 1. The summed E-state index contributed by atoms with van der Waals surface area (Å²) in [5.74, 6) is -1.03. The maximum atomic E-state index is 11.0. The zero-order valence-electron chi connectivity index (χ0n) is 9.44. The van der Waals surface area contributed by atoms with E-state index in [0.29, 0.717) is 5.56 Å². The molecule has 0 fully saturated rings. The maximum absolute atomic E-state index is 11.0. The topological polar surface area (TPSA) is 55.1 Å². The number of aryl methyl sites for hydroxylation is 1. The number of hydrogen-bond donors (Lipinski definition) is 1. The molecule has 4 nitrogen and oxygen atoms in total. The highest BCUT2D eigenvalue weighted by Gasteiger charge is 2.15. The molecule has 0 aliphatic rings. The van der Waals surface area contributed by atoms with Gasteiger partial charge in [-0.3, -0.25) is 4.68 Å². The van der Waals surface area contributed by atoms with E-state index in [1.54, 1.807) is 23.0 Å². The second-order valence-electron chi connectivity index (χ2n) is 3.74. The lowest BCUT2D eigenvalue weighted by Gasteiger charge is -2.06. The van der Waals surface area contributed by atoms with Crippen LogP contribution >= 0.6 is 11.6 Å². The molecule has 1 heterocycles.